The second kappa shape index (κ2) is 6.63. The van der Waals surface area contributed by atoms with Crippen LogP contribution in [0.3, 0.4) is 0 Å². The largest absolute Gasteiger partial charge is 0.480 e. The van der Waals surface area contributed by atoms with E-state index in [1.165, 1.54) is 28.0 Å². The molecule has 0 bridgehead atoms. The normalized spacial score (nSPS) is 18.8. The number of nitrogens with zero attached hydrogens (tertiary/aromatic N) is 1. The van der Waals surface area contributed by atoms with E-state index in [4.69, 9.17) is 16.7 Å². The number of carbonyl (C=O) groups is 2. The molecule has 0 unspecified atom stereocenters. The van der Waals surface area contributed by atoms with Crippen molar-refractivity contribution in [2.24, 2.45) is 0 Å². The first-order chi connectivity index (χ1) is 9.08. The molecule has 1 aliphatic rings. The predicted molar refractivity (Wildman–Crippen MR) is 77.9 cm³/mol. The van der Waals surface area contributed by atoms with Gasteiger partial charge in [0.05, 0.1) is 10.1 Å². The van der Waals surface area contributed by atoms with Crippen LogP contribution in [0.1, 0.15) is 17.7 Å². The Balaban J connectivity index is 1.79. The number of halogens is 1. The minimum atomic E-state index is -0.902. The maximum Gasteiger partial charge on any atom is 0.326 e. The summed E-state index contributed by atoms with van der Waals surface area (Å²) in [7, 11) is 0. The molecule has 1 amide bonds. The van der Waals surface area contributed by atoms with Crippen molar-refractivity contribution < 1.29 is 14.7 Å². The van der Waals surface area contributed by atoms with E-state index in [1.54, 1.807) is 0 Å². The smallest absolute Gasteiger partial charge is 0.326 e. The van der Waals surface area contributed by atoms with Crippen molar-refractivity contribution in [2.75, 3.05) is 12.3 Å². The molecule has 0 aromatic carbocycles. The van der Waals surface area contributed by atoms with Crippen molar-refractivity contribution in [2.45, 2.75) is 24.6 Å². The Morgan fingerprint density at radius 2 is 2.32 bits per heavy atom. The molecule has 0 saturated carbocycles. The van der Waals surface area contributed by atoms with E-state index in [2.05, 4.69) is 0 Å². The zero-order valence-corrected chi connectivity index (χ0v) is 12.6. The molecule has 1 N–H and O–H groups in total. The van der Waals surface area contributed by atoms with Gasteiger partial charge in [0, 0.05) is 17.2 Å². The van der Waals surface area contributed by atoms with E-state index >= 15 is 0 Å². The van der Waals surface area contributed by atoms with Gasteiger partial charge in [-0.3, -0.25) is 4.79 Å². The monoisotopic (exact) mass is 319 g/mol. The summed E-state index contributed by atoms with van der Waals surface area (Å²) in [5.41, 5.74) is 0. The van der Waals surface area contributed by atoms with Gasteiger partial charge in [0.25, 0.3) is 0 Å². The third-order valence-corrected chi connectivity index (χ3v) is 5.34. The molecule has 104 valence electrons. The number of amides is 1. The molecule has 2 heterocycles. The molecule has 1 aromatic rings. The van der Waals surface area contributed by atoms with Gasteiger partial charge < -0.3 is 10.0 Å². The fraction of sp³-hybridized carbons (Fsp3) is 0.500. The highest BCUT2D eigenvalue weighted by molar-refractivity contribution is 7.99. The van der Waals surface area contributed by atoms with Crippen molar-refractivity contribution in [1.29, 1.82) is 0 Å². The molecule has 2 rings (SSSR count). The first kappa shape index (κ1) is 14.7. The third kappa shape index (κ3) is 3.87. The summed E-state index contributed by atoms with van der Waals surface area (Å²) < 4.78 is 0.743. The zero-order chi connectivity index (χ0) is 13.8. The number of carboxylic acids is 1. The third-order valence-electron chi connectivity index (χ3n) is 2.96. The SMILES string of the molecule is O=C(O)[C@H]1CCCN1C(=O)CSCc1ccc(Cl)s1. The van der Waals surface area contributed by atoms with Crippen LogP contribution in [0.2, 0.25) is 4.34 Å². The van der Waals surface area contributed by atoms with Crippen molar-refractivity contribution in [3.63, 3.8) is 0 Å². The molecule has 0 aliphatic carbocycles. The van der Waals surface area contributed by atoms with Gasteiger partial charge in [-0.25, -0.2) is 4.79 Å². The predicted octanol–water partition coefficient (Wildman–Crippen LogP) is 2.71. The van der Waals surface area contributed by atoms with E-state index in [0.717, 1.165) is 21.4 Å². The second-order valence-corrected chi connectivity index (χ2v) is 7.07. The molecule has 1 aliphatic heterocycles. The Hall–Kier alpha value is -0.720. The van der Waals surface area contributed by atoms with Crippen LogP contribution in [-0.2, 0) is 15.3 Å². The number of thiophene rings is 1. The summed E-state index contributed by atoms with van der Waals surface area (Å²) in [4.78, 5) is 25.6. The van der Waals surface area contributed by atoms with Crippen LogP contribution in [0.5, 0.6) is 0 Å². The van der Waals surface area contributed by atoms with Crippen molar-refractivity contribution in [3.05, 3.63) is 21.3 Å². The molecule has 1 saturated heterocycles. The molecular weight excluding hydrogens is 306 g/mol. The summed E-state index contributed by atoms with van der Waals surface area (Å²) in [6, 6.07) is 3.15. The number of hydrogen-bond acceptors (Lipinski definition) is 4. The molecule has 7 heteroatoms. The second-order valence-electron chi connectivity index (χ2n) is 4.28. The minimum absolute atomic E-state index is 0.0856. The summed E-state index contributed by atoms with van der Waals surface area (Å²) in [6.45, 7) is 0.557. The molecule has 4 nitrogen and oxygen atoms in total. The molecule has 1 fully saturated rings. The maximum absolute atomic E-state index is 12.0. The maximum atomic E-state index is 12.0. The molecule has 1 aromatic heterocycles. The lowest BCUT2D eigenvalue weighted by Gasteiger charge is -2.21. The summed E-state index contributed by atoms with van der Waals surface area (Å²) in [5.74, 6) is 0.0621. The first-order valence-corrected chi connectivity index (χ1v) is 8.27. The summed E-state index contributed by atoms with van der Waals surface area (Å²) >= 11 is 8.83. The van der Waals surface area contributed by atoms with Crippen LogP contribution in [0.25, 0.3) is 0 Å². The van der Waals surface area contributed by atoms with Crippen LogP contribution in [0.4, 0.5) is 0 Å². The molecule has 0 spiro atoms. The number of thioether (sulfide) groups is 1. The Kier molecular flexibility index (Phi) is 5.13. The van der Waals surface area contributed by atoms with Gasteiger partial charge in [-0.2, -0.15) is 0 Å². The molecule has 0 radical (unpaired) electrons. The number of carboxylic acid groups (broad SMARTS) is 1. The lowest BCUT2D eigenvalue weighted by molar-refractivity contribution is -0.147. The molecular formula is C12H14ClNO3S2. The lowest BCUT2D eigenvalue weighted by Crippen LogP contribution is -2.41. The van der Waals surface area contributed by atoms with Gasteiger partial charge in [-0.15, -0.1) is 23.1 Å². The average molecular weight is 320 g/mol. The minimum Gasteiger partial charge on any atom is -0.480 e. The molecule has 1 atom stereocenters. The van der Waals surface area contributed by atoms with Crippen LogP contribution in [-0.4, -0.2) is 40.2 Å². The van der Waals surface area contributed by atoms with Gasteiger partial charge in [0.2, 0.25) is 5.91 Å². The highest BCUT2D eigenvalue weighted by Crippen LogP contribution is 2.26. The van der Waals surface area contributed by atoms with Crippen LogP contribution < -0.4 is 0 Å². The standard InChI is InChI=1S/C12H14ClNO3S2/c13-10-4-3-8(19-10)6-18-7-11(15)14-5-1-2-9(14)12(16)17/h3-4,9H,1-2,5-7H2,(H,16,17)/t9-/m1/s1. The summed E-state index contributed by atoms with van der Waals surface area (Å²) in [6.07, 6.45) is 1.33. The van der Waals surface area contributed by atoms with Crippen molar-refractivity contribution in [1.82, 2.24) is 4.90 Å². The van der Waals surface area contributed by atoms with Crippen LogP contribution >= 0.6 is 34.7 Å². The van der Waals surface area contributed by atoms with Crippen molar-refractivity contribution >= 4 is 46.6 Å². The van der Waals surface area contributed by atoms with E-state index in [1.807, 2.05) is 12.1 Å². The number of likely N-dealkylation sites (tertiary alicyclic amines) is 1. The van der Waals surface area contributed by atoms with Gasteiger partial charge in [0.1, 0.15) is 6.04 Å². The first-order valence-electron chi connectivity index (χ1n) is 5.92. The topological polar surface area (TPSA) is 57.6 Å². The Labute approximate surface area is 124 Å². The fourth-order valence-corrected chi connectivity index (χ4v) is 4.18. The van der Waals surface area contributed by atoms with E-state index in [0.29, 0.717) is 18.7 Å². The van der Waals surface area contributed by atoms with Gasteiger partial charge in [0.15, 0.2) is 0 Å². The Bertz CT molecular complexity index is 477. The fourth-order valence-electron chi connectivity index (χ4n) is 2.07. The molecule has 19 heavy (non-hydrogen) atoms. The zero-order valence-electron chi connectivity index (χ0n) is 10.2. The highest BCUT2D eigenvalue weighted by atomic mass is 35.5. The lowest BCUT2D eigenvalue weighted by atomic mass is 10.2. The number of aliphatic carboxylic acids is 1. The number of hydrogen-bond donors (Lipinski definition) is 1. The quantitative estimate of drug-likeness (QED) is 0.906. The van der Waals surface area contributed by atoms with Crippen molar-refractivity contribution in [3.8, 4) is 0 Å². The Morgan fingerprint density at radius 1 is 1.53 bits per heavy atom. The highest BCUT2D eigenvalue weighted by Gasteiger charge is 2.33. The number of rotatable bonds is 5. The van der Waals surface area contributed by atoms with E-state index < -0.39 is 12.0 Å². The Morgan fingerprint density at radius 3 is 2.95 bits per heavy atom. The van der Waals surface area contributed by atoms with Crippen LogP contribution in [0.15, 0.2) is 12.1 Å². The summed E-state index contributed by atoms with van der Waals surface area (Å²) in [5, 5.41) is 9.03. The average Bonchev–Trinajstić information content (AvgIpc) is 2.97. The van der Waals surface area contributed by atoms with E-state index in [-0.39, 0.29) is 5.91 Å². The van der Waals surface area contributed by atoms with Gasteiger partial charge in [-0.05, 0) is 25.0 Å². The van der Waals surface area contributed by atoms with Crippen LogP contribution in [0, 0.1) is 0 Å². The number of carbonyl (C=O) groups excluding carboxylic acids is 1. The van der Waals surface area contributed by atoms with Gasteiger partial charge in [-0.1, -0.05) is 11.6 Å². The van der Waals surface area contributed by atoms with Gasteiger partial charge >= 0.3 is 5.97 Å². The van der Waals surface area contributed by atoms with E-state index in [9.17, 15) is 9.59 Å².